The Kier molecular flexibility index (Phi) is 6.30. The highest BCUT2D eigenvalue weighted by atomic mass is 16.2. The number of aryl methyl sites for hydroxylation is 4. The first kappa shape index (κ1) is 21.2. The SMILES string of the molecule is CCc1ccccc1NC(=O)CN(C)C(=O)c1nn(-c2ccc(C)cc2C)nc1C. The molecular weight excluding hydrogens is 378 g/mol. The zero-order chi connectivity index (χ0) is 21.8. The maximum absolute atomic E-state index is 12.9. The maximum atomic E-state index is 12.9. The molecule has 0 fully saturated rings. The van der Waals surface area contributed by atoms with Crippen LogP contribution in [0.25, 0.3) is 5.69 Å². The highest BCUT2D eigenvalue weighted by Gasteiger charge is 2.22. The van der Waals surface area contributed by atoms with Gasteiger partial charge in [-0.15, -0.1) is 5.10 Å². The third-order valence-corrected chi connectivity index (χ3v) is 4.95. The number of likely N-dealkylation sites (N-methyl/N-ethyl adjacent to an activating group) is 1. The summed E-state index contributed by atoms with van der Waals surface area (Å²) in [5, 5.41) is 11.7. The minimum absolute atomic E-state index is 0.0766. The number of rotatable bonds is 6. The van der Waals surface area contributed by atoms with Crippen LogP contribution in [-0.2, 0) is 11.2 Å². The number of aromatic nitrogens is 3. The van der Waals surface area contributed by atoms with Gasteiger partial charge in [-0.2, -0.15) is 9.90 Å². The van der Waals surface area contributed by atoms with Gasteiger partial charge in [0, 0.05) is 12.7 Å². The van der Waals surface area contributed by atoms with Crippen LogP contribution in [0.1, 0.15) is 39.8 Å². The molecule has 156 valence electrons. The molecule has 30 heavy (non-hydrogen) atoms. The van der Waals surface area contributed by atoms with E-state index < -0.39 is 0 Å². The second-order valence-electron chi connectivity index (χ2n) is 7.43. The molecule has 1 heterocycles. The number of hydrogen-bond acceptors (Lipinski definition) is 4. The summed E-state index contributed by atoms with van der Waals surface area (Å²) in [5.41, 5.74) is 5.55. The normalized spacial score (nSPS) is 10.7. The molecule has 0 aliphatic rings. The smallest absolute Gasteiger partial charge is 0.276 e. The topological polar surface area (TPSA) is 80.1 Å². The first-order chi connectivity index (χ1) is 14.3. The lowest BCUT2D eigenvalue weighted by atomic mass is 10.1. The molecule has 0 unspecified atom stereocenters. The number of anilines is 1. The van der Waals surface area contributed by atoms with Gasteiger partial charge in [-0.05, 0) is 50.5 Å². The lowest BCUT2D eigenvalue weighted by Crippen LogP contribution is -2.35. The maximum Gasteiger partial charge on any atom is 0.276 e. The number of nitrogens with zero attached hydrogens (tertiary/aromatic N) is 4. The minimum atomic E-state index is -0.345. The summed E-state index contributed by atoms with van der Waals surface area (Å²) < 4.78 is 0. The van der Waals surface area contributed by atoms with Gasteiger partial charge in [0.15, 0.2) is 5.69 Å². The molecule has 0 aliphatic heterocycles. The van der Waals surface area contributed by atoms with Gasteiger partial charge in [0.25, 0.3) is 5.91 Å². The van der Waals surface area contributed by atoms with Crippen molar-refractivity contribution in [3.63, 3.8) is 0 Å². The Hall–Kier alpha value is -3.48. The summed E-state index contributed by atoms with van der Waals surface area (Å²) in [4.78, 5) is 28.2. The number of hydrogen-bond donors (Lipinski definition) is 1. The van der Waals surface area contributed by atoms with Gasteiger partial charge in [0.1, 0.15) is 0 Å². The first-order valence-corrected chi connectivity index (χ1v) is 9.95. The Morgan fingerprint density at radius 3 is 2.50 bits per heavy atom. The van der Waals surface area contributed by atoms with Crippen LogP contribution < -0.4 is 5.32 Å². The number of amides is 2. The van der Waals surface area contributed by atoms with Crippen molar-refractivity contribution in [3.8, 4) is 5.69 Å². The van der Waals surface area contributed by atoms with E-state index in [9.17, 15) is 9.59 Å². The molecule has 3 aromatic rings. The molecule has 1 aromatic heterocycles. The monoisotopic (exact) mass is 405 g/mol. The average molecular weight is 406 g/mol. The Bertz CT molecular complexity index is 1090. The van der Waals surface area contributed by atoms with Gasteiger partial charge in [-0.25, -0.2) is 0 Å². The standard InChI is InChI=1S/C23H27N5O2/c1-6-18-9-7-8-10-19(18)24-21(29)14-27(5)23(30)22-17(4)25-28(26-22)20-12-11-15(2)13-16(20)3/h7-13H,6,14H2,1-5H3,(H,24,29). The van der Waals surface area contributed by atoms with Gasteiger partial charge in [-0.1, -0.05) is 42.8 Å². The summed E-state index contributed by atoms with van der Waals surface area (Å²) in [7, 11) is 1.59. The number of para-hydroxylation sites is 1. The summed E-state index contributed by atoms with van der Waals surface area (Å²) >= 11 is 0. The van der Waals surface area contributed by atoms with Crippen molar-refractivity contribution in [2.24, 2.45) is 0 Å². The van der Waals surface area contributed by atoms with Crippen LogP contribution in [0.2, 0.25) is 0 Å². The van der Waals surface area contributed by atoms with E-state index in [1.165, 1.54) is 9.70 Å². The quantitative estimate of drug-likeness (QED) is 0.681. The van der Waals surface area contributed by atoms with Crippen molar-refractivity contribution < 1.29 is 9.59 Å². The fourth-order valence-corrected chi connectivity index (χ4v) is 3.32. The van der Waals surface area contributed by atoms with Gasteiger partial charge in [0.05, 0.1) is 17.9 Å². The zero-order valence-electron chi connectivity index (χ0n) is 18.1. The molecule has 0 saturated carbocycles. The molecule has 2 aromatic carbocycles. The Labute approximate surface area is 176 Å². The van der Waals surface area contributed by atoms with Crippen molar-refractivity contribution in [2.75, 3.05) is 18.9 Å². The molecule has 7 nitrogen and oxygen atoms in total. The highest BCUT2D eigenvalue weighted by Crippen LogP contribution is 2.17. The highest BCUT2D eigenvalue weighted by molar-refractivity contribution is 5.99. The van der Waals surface area contributed by atoms with Crippen LogP contribution in [0.5, 0.6) is 0 Å². The summed E-state index contributed by atoms with van der Waals surface area (Å²) in [6.07, 6.45) is 0.811. The number of nitrogens with one attached hydrogen (secondary N) is 1. The predicted molar refractivity (Wildman–Crippen MR) is 117 cm³/mol. The van der Waals surface area contributed by atoms with Crippen molar-refractivity contribution in [1.29, 1.82) is 0 Å². The van der Waals surface area contributed by atoms with Crippen molar-refractivity contribution in [3.05, 3.63) is 70.5 Å². The van der Waals surface area contributed by atoms with E-state index in [1.54, 1.807) is 14.0 Å². The largest absolute Gasteiger partial charge is 0.331 e. The van der Waals surface area contributed by atoms with Gasteiger partial charge in [-0.3, -0.25) is 9.59 Å². The van der Waals surface area contributed by atoms with E-state index in [1.807, 2.05) is 63.2 Å². The second kappa shape index (κ2) is 8.90. The second-order valence-corrected chi connectivity index (χ2v) is 7.43. The molecule has 0 atom stereocenters. The predicted octanol–water partition coefficient (Wildman–Crippen LogP) is 3.47. The fraction of sp³-hybridized carbons (Fsp3) is 0.304. The number of carbonyl (C=O) groups excluding carboxylic acids is 2. The Morgan fingerprint density at radius 2 is 1.80 bits per heavy atom. The summed E-state index contributed by atoms with van der Waals surface area (Å²) in [5.74, 6) is -0.603. The molecular formula is C23H27N5O2. The van der Waals surface area contributed by atoms with Crippen LogP contribution in [0.4, 0.5) is 5.69 Å². The van der Waals surface area contributed by atoms with Crippen LogP contribution in [-0.4, -0.2) is 45.3 Å². The molecule has 0 spiro atoms. The summed E-state index contributed by atoms with van der Waals surface area (Å²) in [6, 6.07) is 13.6. The lowest BCUT2D eigenvalue weighted by Gasteiger charge is -2.16. The molecule has 1 N–H and O–H groups in total. The number of benzene rings is 2. The van der Waals surface area contributed by atoms with E-state index in [4.69, 9.17) is 0 Å². The lowest BCUT2D eigenvalue weighted by molar-refractivity contribution is -0.116. The van der Waals surface area contributed by atoms with Gasteiger partial charge in [0.2, 0.25) is 5.91 Å². The van der Waals surface area contributed by atoms with Crippen LogP contribution in [0, 0.1) is 20.8 Å². The minimum Gasteiger partial charge on any atom is -0.331 e. The third-order valence-electron chi connectivity index (χ3n) is 4.95. The van der Waals surface area contributed by atoms with Gasteiger partial charge >= 0.3 is 0 Å². The van der Waals surface area contributed by atoms with E-state index in [0.717, 1.165) is 34.5 Å². The van der Waals surface area contributed by atoms with Gasteiger partial charge < -0.3 is 10.2 Å². The van der Waals surface area contributed by atoms with Crippen molar-refractivity contribution in [1.82, 2.24) is 19.9 Å². The van der Waals surface area contributed by atoms with Crippen molar-refractivity contribution in [2.45, 2.75) is 34.1 Å². The fourth-order valence-electron chi connectivity index (χ4n) is 3.32. The Balaban J connectivity index is 1.73. The Morgan fingerprint density at radius 1 is 1.07 bits per heavy atom. The van der Waals surface area contributed by atoms with E-state index in [2.05, 4.69) is 15.5 Å². The van der Waals surface area contributed by atoms with Crippen molar-refractivity contribution >= 4 is 17.5 Å². The molecule has 3 rings (SSSR count). The molecule has 0 radical (unpaired) electrons. The summed E-state index contributed by atoms with van der Waals surface area (Å²) in [6.45, 7) is 7.69. The first-order valence-electron chi connectivity index (χ1n) is 9.95. The number of carbonyl (C=O) groups is 2. The zero-order valence-corrected chi connectivity index (χ0v) is 18.1. The molecule has 0 aliphatic carbocycles. The van der Waals surface area contributed by atoms with Crippen LogP contribution in [0.15, 0.2) is 42.5 Å². The molecule has 7 heteroatoms. The molecule has 0 saturated heterocycles. The van der Waals surface area contributed by atoms with E-state index >= 15 is 0 Å². The van der Waals surface area contributed by atoms with Crippen LogP contribution >= 0.6 is 0 Å². The average Bonchev–Trinajstić information content (AvgIpc) is 3.08. The van der Waals surface area contributed by atoms with E-state index in [0.29, 0.717) is 5.69 Å². The van der Waals surface area contributed by atoms with E-state index in [-0.39, 0.29) is 24.1 Å². The van der Waals surface area contributed by atoms with Crippen LogP contribution in [0.3, 0.4) is 0 Å². The molecule has 2 amide bonds. The third kappa shape index (κ3) is 4.56. The molecule has 0 bridgehead atoms.